The van der Waals surface area contributed by atoms with Gasteiger partial charge in [0, 0.05) is 31.3 Å². The van der Waals surface area contributed by atoms with Crippen LogP contribution >= 0.6 is 0 Å². The molecule has 2 aliphatic rings. The second-order valence-electron chi connectivity index (χ2n) is 6.28. The standard InChI is InChI=1S/C15H16F2N4O2S/c16-11-3-4-15(13(17)7-11)24(22,23)20-6-5-12(8-20)21-9-14(18-19-21)10-1-2-10/h3-4,7,9-10,12H,1-2,5-6,8H2. The van der Waals surface area contributed by atoms with Crippen LogP contribution in [0, 0.1) is 11.6 Å². The highest BCUT2D eigenvalue weighted by molar-refractivity contribution is 7.89. The van der Waals surface area contributed by atoms with Crippen LogP contribution in [-0.2, 0) is 10.0 Å². The molecule has 2 aromatic rings. The average Bonchev–Trinajstić information content (AvgIpc) is 3.07. The van der Waals surface area contributed by atoms with Crippen LogP contribution in [-0.4, -0.2) is 40.8 Å². The summed E-state index contributed by atoms with van der Waals surface area (Å²) in [6.45, 7) is 0.467. The lowest BCUT2D eigenvalue weighted by Gasteiger charge is -2.17. The molecule has 1 saturated carbocycles. The Hall–Kier alpha value is -1.87. The van der Waals surface area contributed by atoms with E-state index in [0.29, 0.717) is 18.4 Å². The summed E-state index contributed by atoms with van der Waals surface area (Å²) in [6.07, 6.45) is 4.69. The topological polar surface area (TPSA) is 68.1 Å². The van der Waals surface area contributed by atoms with E-state index in [2.05, 4.69) is 10.3 Å². The SMILES string of the molecule is O=S(=O)(c1ccc(F)cc1F)N1CCC(n2cc(C3CC3)nn2)C1. The Bertz CT molecular complexity index is 879. The van der Waals surface area contributed by atoms with Gasteiger partial charge < -0.3 is 0 Å². The number of benzene rings is 1. The molecule has 0 bridgehead atoms. The lowest BCUT2D eigenvalue weighted by Crippen LogP contribution is -2.30. The van der Waals surface area contributed by atoms with Crippen molar-refractivity contribution in [3.8, 4) is 0 Å². The first kappa shape index (κ1) is 15.6. The van der Waals surface area contributed by atoms with E-state index in [1.165, 1.54) is 4.31 Å². The molecule has 2 fully saturated rings. The number of sulfonamides is 1. The van der Waals surface area contributed by atoms with Gasteiger partial charge in [-0.15, -0.1) is 5.10 Å². The van der Waals surface area contributed by atoms with Crippen molar-refractivity contribution >= 4 is 10.0 Å². The minimum Gasteiger partial charge on any atom is -0.248 e. The zero-order chi connectivity index (χ0) is 16.9. The van der Waals surface area contributed by atoms with Gasteiger partial charge >= 0.3 is 0 Å². The molecule has 4 rings (SSSR count). The minimum absolute atomic E-state index is 0.122. The normalized spacial score (nSPS) is 22.2. The lowest BCUT2D eigenvalue weighted by molar-refractivity contribution is 0.425. The van der Waals surface area contributed by atoms with Gasteiger partial charge in [0.1, 0.15) is 16.5 Å². The molecule has 9 heteroatoms. The molecule has 1 aromatic heterocycles. The van der Waals surface area contributed by atoms with E-state index in [4.69, 9.17) is 0 Å². The third kappa shape index (κ3) is 2.71. The van der Waals surface area contributed by atoms with E-state index in [1.54, 1.807) is 4.68 Å². The van der Waals surface area contributed by atoms with E-state index < -0.39 is 26.6 Å². The fourth-order valence-electron chi connectivity index (χ4n) is 3.00. The molecule has 1 atom stereocenters. The molecule has 0 N–H and O–H groups in total. The predicted molar refractivity (Wildman–Crippen MR) is 80.8 cm³/mol. The van der Waals surface area contributed by atoms with Gasteiger partial charge in [0.2, 0.25) is 10.0 Å². The Balaban J connectivity index is 1.54. The molecule has 6 nitrogen and oxygen atoms in total. The predicted octanol–water partition coefficient (Wildman–Crippen LogP) is 2.07. The van der Waals surface area contributed by atoms with Crippen molar-refractivity contribution in [2.24, 2.45) is 0 Å². The zero-order valence-electron chi connectivity index (χ0n) is 12.8. The second-order valence-corrected chi connectivity index (χ2v) is 8.18. The van der Waals surface area contributed by atoms with Gasteiger partial charge in [0.15, 0.2) is 0 Å². The number of nitrogens with zero attached hydrogens (tertiary/aromatic N) is 4. The molecule has 1 aromatic carbocycles. The van der Waals surface area contributed by atoms with Crippen LogP contribution in [0.5, 0.6) is 0 Å². The van der Waals surface area contributed by atoms with Crippen molar-refractivity contribution in [1.82, 2.24) is 19.3 Å². The van der Waals surface area contributed by atoms with Crippen LogP contribution in [0.1, 0.15) is 36.9 Å². The molecule has 128 valence electrons. The van der Waals surface area contributed by atoms with Crippen LogP contribution in [0.25, 0.3) is 0 Å². The number of aromatic nitrogens is 3. The van der Waals surface area contributed by atoms with E-state index in [0.717, 1.165) is 30.7 Å². The summed E-state index contributed by atoms with van der Waals surface area (Å²) in [7, 11) is -3.99. The first-order chi connectivity index (χ1) is 11.4. The van der Waals surface area contributed by atoms with Gasteiger partial charge in [-0.1, -0.05) is 5.21 Å². The molecule has 24 heavy (non-hydrogen) atoms. The molecule has 1 saturated heterocycles. The third-order valence-corrected chi connectivity index (χ3v) is 6.43. The number of rotatable bonds is 4. The smallest absolute Gasteiger partial charge is 0.246 e. The van der Waals surface area contributed by atoms with Gasteiger partial charge in [0.25, 0.3) is 0 Å². The van der Waals surface area contributed by atoms with Crippen molar-refractivity contribution in [2.75, 3.05) is 13.1 Å². The number of hydrogen-bond donors (Lipinski definition) is 0. The Morgan fingerprint density at radius 1 is 1.17 bits per heavy atom. The Kier molecular flexibility index (Phi) is 3.65. The Labute approximate surface area is 138 Å². The Morgan fingerprint density at radius 2 is 1.96 bits per heavy atom. The highest BCUT2D eigenvalue weighted by Crippen LogP contribution is 2.39. The quantitative estimate of drug-likeness (QED) is 0.843. The highest BCUT2D eigenvalue weighted by atomic mass is 32.2. The lowest BCUT2D eigenvalue weighted by atomic mass is 10.2. The monoisotopic (exact) mass is 354 g/mol. The average molecular weight is 354 g/mol. The molecule has 1 unspecified atom stereocenters. The van der Waals surface area contributed by atoms with E-state index in [-0.39, 0.29) is 19.1 Å². The summed E-state index contributed by atoms with van der Waals surface area (Å²) in [6, 6.07) is 2.37. The van der Waals surface area contributed by atoms with Crippen molar-refractivity contribution < 1.29 is 17.2 Å². The fourth-order valence-corrected chi connectivity index (χ4v) is 4.54. The van der Waals surface area contributed by atoms with Crippen LogP contribution in [0.4, 0.5) is 8.78 Å². The van der Waals surface area contributed by atoms with E-state index in [9.17, 15) is 17.2 Å². The van der Waals surface area contributed by atoms with Crippen LogP contribution in [0.3, 0.4) is 0 Å². The first-order valence-electron chi connectivity index (χ1n) is 7.82. The molecule has 0 spiro atoms. The maximum absolute atomic E-state index is 13.8. The molecular formula is C15H16F2N4O2S. The maximum Gasteiger partial charge on any atom is 0.246 e. The summed E-state index contributed by atoms with van der Waals surface area (Å²) in [4.78, 5) is -0.498. The summed E-state index contributed by atoms with van der Waals surface area (Å²) in [5.74, 6) is -1.40. The molecular weight excluding hydrogens is 338 g/mol. The van der Waals surface area contributed by atoms with Gasteiger partial charge in [-0.05, 0) is 31.4 Å². The van der Waals surface area contributed by atoms with Crippen molar-refractivity contribution in [2.45, 2.75) is 36.1 Å². The molecule has 0 radical (unpaired) electrons. The minimum atomic E-state index is -3.99. The maximum atomic E-state index is 13.8. The van der Waals surface area contributed by atoms with Crippen molar-refractivity contribution in [1.29, 1.82) is 0 Å². The second kappa shape index (κ2) is 5.59. The summed E-state index contributed by atoms with van der Waals surface area (Å²) in [5, 5.41) is 8.23. The van der Waals surface area contributed by atoms with Crippen molar-refractivity contribution in [3.05, 3.63) is 41.7 Å². The summed E-state index contributed by atoms with van der Waals surface area (Å²) in [5.41, 5.74) is 0.945. The first-order valence-corrected chi connectivity index (χ1v) is 9.26. The molecule has 2 heterocycles. The van der Waals surface area contributed by atoms with Crippen LogP contribution in [0.15, 0.2) is 29.3 Å². The molecule has 1 aliphatic carbocycles. The third-order valence-electron chi connectivity index (χ3n) is 4.54. The molecule has 1 aliphatic heterocycles. The van der Waals surface area contributed by atoms with Gasteiger partial charge in [-0.25, -0.2) is 21.9 Å². The number of hydrogen-bond acceptors (Lipinski definition) is 4. The largest absolute Gasteiger partial charge is 0.248 e. The fraction of sp³-hybridized carbons (Fsp3) is 0.467. The van der Waals surface area contributed by atoms with Crippen molar-refractivity contribution in [3.63, 3.8) is 0 Å². The van der Waals surface area contributed by atoms with Gasteiger partial charge in [-0.3, -0.25) is 0 Å². The zero-order valence-corrected chi connectivity index (χ0v) is 13.6. The Morgan fingerprint density at radius 3 is 2.67 bits per heavy atom. The van der Waals surface area contributed by atoms with Gasteiger partial charge in [-0.2, -0.15) is 4.31 Å². The highest BCUT2D eigenvalue weighted by Gasteiger charge is 2.36. The summed E-state index contributed by atoms with van der Waals surface area (Å²) < 4.78 is 54.9. The molecule has 0 amide bonds. The van der Waals surface area contributed by atoms with Crippen LogP contribution < -0.4 is 0 Å². The van der Waals surface area contributed by atoms with E-state index >= 15 is 0 Å². The summed E-state index contributed by atoms with van der Waals surface area (Å²) >= 11 is 0. The van der Waals surface area contributed by atoms with Gasteiger partial charge in [0.05, 0.1) is 11.7 Å². The van der Waals surface area contributed by atoms with Crippen LogP contribution in [0.2, 0.25) is 0 Å². The van der Waals surface area contributed by atoms with E-state index in [1.807, 2.05) is 6.20 Å². The number of halogens is 2.